The van der Waals surface area contributed by atoms with Gasteiger partial charge in [0, 0.05) is 27.5 Å². The number of thiazole rings is 1. The summed E-state index contributed by atoms with van der Waals surface area (Å²) >= 11 is 1.46. The lowest BCUT2D eigenvalue weighted by molar-refractivity contribution is -0.115. The third-order valence-corrected chi connectivity index (χ3v) is 5.60. The van der Waals surface area contributed by atoms with E-state index in [0.29, 0.717) is 11.6 Å². The smallest absolute Gasteiger partial charge is 0.231 e. The molecule has 0 saturated carbocycles. The number of aryl methyl sites for hydroxylation is 1. The summed E-state index contributed by atoms with van der Waals surface area (Å²) in [5.41, 5.74) is 3.78. The fourth-order valence-electron chi connectivity index (χ4n) is 3.38. The molecule has 2 aromatic heterocycles. The number of hydrogen-bond acceptors (Lipinski definition) is 5. The van der Waals surface area contributed by atoms with Crippen molar-refractivity contribution in [2.75, 3.05) is 12.1 Å². The molecule has 7 heteroatoms. The molecule has 6 nitrogen and oxygen atoms in total. The first kappa shape index (κ1) is 16.8. The molecule has 28 heavy (non-hydrogen) atoms. The molecule has 5 rings (SSSR count). The molecule has 0 bridgehead atoms. The van der Waals surface area contributed by atoms with Crippen LogP contribution in [0.25, 0.3) is 22.2 Å². The zero-order valence-corrected chi connectivity index (χ0v) is 15.9. The van der Waals surface area contributed by atoms with Gasteiger partial charge in [0.05, 0.1) is 12.1 Å². The molecular formula is C21H17N3O3S. The van der Waals surface area contributed by atoms with Gasteiger partial charge in [0.1, 0.15) is 0 Å². The van der Waals surface area contributed by atoms with E-state index in [0.717, 1.165) is 44.1 Å². The van der Waals surface area contributed by atoms with Crippen LogP contribution in [0.2, 0.25) is 0 Å². The van der Waals surface area contributed by atoms with Crippen molar-refractivity contribution in [1.82, 2.24) is 9.97 Å². The Morgan fingerprint density at radius 1 is 1.21 bits per heavy atom. The quantitative estimate of drug-likeness (QED) is 0.537. The normalized spacial score (nSPS) is 12.5. The summed E-state index contributed by atoms with van der Waals surface area (Å²) in [5.74, 6) is 1.37. The van der Waals surface area contributed by atoms with E-state index in [2.05, 4.69) is 15.3 Å². The summed E-state index contributed by atoms with van der Waals surface area (Å²) in [6.07, 6.45) is 2.18. The summed E-state index contributed by atoms with van der Waals surface area (Å²) in [4.78, 5) is 21.4. The van der Waals surface area contributed by atoms with Gasteiger partial charge in [-0.25, -0.2) is 4.98 Å². The van der Waals surface area contributed by atoms with E-state index in [1.165, 1.54) is 11.3 Å². The first-order valence-electron chi connectivity index (χ1n) is 8.90. The average molecular weight is 391 g/mol. The molecule has 0 unspecified atom stereocenters. The van der Waals surface area contributed by atoms with Crippen molar-refractivity contribution in [2.45, 2.75) is 13.3 Å². The van der Waals surface area contributed by atoms with Crippen molar-refractivity contribution in [2.24, 2.45) is 0 Å². The number of aromatic amines is 1. The first-order valence-corrected chi connectivity index (χ1v) is 9.71. The van der Waals surface area contributed by atoms with Gasteiger partial charge in [0.15, 0.2) is 16.6 Å². The molecule has 1 amide bonds. The molecule has 4 aromatic rings. The van der Waals surface area contributed by atoms with Gasteiger partial charge in [-0.3, -0.25) is 4.79 Å². The Hall–Kier alpha value is -3.32. The predicted octanol–water partition coefficient (Wildman–Crippen LogP) is 4.51. The SMILES string of the molecule is Cc1sc(NC(=O)Cc2c[nH]c3ccccc23)nc1-c1ccc2c(c1)OCO2. The number of amides is 1. The number of anilines is 1. The Morgan fingerprint density at radius 2 is 2.07 bits per heavy atom. The number of rotatable bonds is 4. The highest BCUT2D eigenvalue weighted by Crippen LogP contribution is 2.38. The summed E-state index contributed by atoms with van der Waals surface area (Å²) in [6, 6.07) is 13.7. The van der Waals surface area contributed by atoms with Crippen LogP contribution >= 0.6 is 11.3 Å². The molecule has 140 valence electrons. The molecule has 1 aliphatic heterocycles. The number of H-pyrrole nitrogens is 1. The molecule has 0 fully saturated rings. The van der Waals surface area contributed by atoms with Crippen LogP contribution in [-0.4, -0.2) is 22.7 Å². The highest BCUT2D eigenvalue weighted by atomic mass is 32.1. The number of hydrogen-bond donors (Lipinski definition) is 2. The number of ether oxygens (including phenoxy) is 2. The van der Waals surface area contributed by atoms with Gasteiger partial charge < -0.3 is 19.8 Å². The van der Waals surface area contributed by atoms with E-state index in [9.17, 15) is 4.79 Å². The van der Waals surface area contributed by atoms with Crippen molar-refractivity contribution < 1.29 is 14.3 Å². The molecule has 0 radical (unpaired) electrons. The van der Waals surface area contributed by atoms with Gasteiger partial charge >= 0.3 is 0 Å². The van der Waals surface area contributed by atoms with Crippen molar-refractivity contribution in [3.63, 3.8) is 0 Å². The largest absolute Gasteiger partial charge is 0.454 e. The Kier molecular flexibility index (Phi) is 4.02. The van der Waals surface area contributed by atoms with E-state index >= 15 is 0 Å². The fourth-order valence-corrected chi connectivity index (χ4v) is 4.23. The van der Waals surface area contributed by atoms with Crippen LogP contribution < -0.4 is 14.8 Å². The predicted molar refractivity (Wildman–Crippen MR) is 109 cm³/mol. The highest BCUT2D eigenvalue weighted by molar-refractivity contribution is 7.16. The van der Waals surface area contributed by atoms with Crippen LogP contribution in [0.5, 0.6) is 11.5 Å². The van der Waals surface area contributed by atoms with E-state index < -0.39 is 0 Å². The van der Waals surface area contributed by atoms with Gasteiger partial charge in [0.25, 0.3) is 0 Å². The standard InChI is InChI=1S/C21H17N3O3S/c1-12-20(13-6-7-17-18(8-13)27-11-26-17)24-21(28-12)23-19(25)9-14-10-22-16-5-3-2-4-15(14)16/h2-8,10,22H,9,11H2,1H3,(H,23,24,25). The number of benzene rings is 2. The maximum absolute atomic E-state index is 12.5. The molecule has 1 aliphatic rings. The van der Waals surface area contributed by atoms with Gasteiger partial charge in [-0.15, -0.1) is 11.3 Å². The van der Waals surface area contributed by atoms with Crippen molar-refractivity contribution >= 4 is 33.3 Å². The number of aromatic nitrogens is 2. The van der Waals surface area contributed by atoms with Crippen LogP contribution in [0.3, 0.4) is 0 Å². The van der Waals surface area contributed by atoms with Crippen LogP contribution in [0.1, 0.15) is 10.4 Å². The maximum atomic E-state index is 12.5. The number of para-hydroxylation sites is 1. The topological polar surface area (TPSA) is 76.2 Å². The third-order valence-electron chi connectivity index (χ3n) is 4.71. The minimum atomic E-state index is -0.0873. The number of nitrogens with zero attached hydrogens (tertiary/aromatic N) is 1. The van der Waals surface area contributed by atoms with E-state index in [1.54, 1.807) is 0 Å². The monoisotopic (exact) mass is 391 g/mol. The Bertz CT molecular complexity index is 1190. The second-order valence-electron chi connectivity index (χ2n) is 6.58. The lowest BCUT2D eigenvalue weighted by atomic mass is 10.1. The fraction of sp³-hybridized carbons (Fsp3) is 0.143. The number of fused-ring (bicyclic) bond motifs is 2. The second-order valence-corrected chi connectivity index (χ2v) is 7.78. The van der Waals surface area contributed by atoms with Crippen molar-refractivity contribution in [3.05, 3.63) is 59.1 Å². The molecule has 3 heterocycles. The number of nitrogens with one attached hydrogen (secondary N) is 2. The molecule has 2 N–H and O–H groups in total. The summed E-state index contributed by atoms with van der Waals surface area (Å²) in [7, 11) is 0. The van der Waals surface area contributed by atoms with Gasteiger partial charge in [-0.1, -0.05) is 18.2 Å². The van der Waals surface area contributed by atoms with Gasteiger partial charge in [0.2, 0.25) is 12.7 Å². The lowest BCUT2D eigenvalue weighted by Gasteiger charge is -2.02. The first-order chi connectivity index (χ1) is 13.7. The van der Waals surface area contributed by atoms with Crippen LogP contribution in [0.4, 0.5) is 5.13 Å². The van der Waals surface area contributed by atoms with Gasteiger partial charge in [-0.05, 0) is 36.8 Å². The summed E-state index contributed by atoms with van der Waals surface area (Å²) in [6.45, 7) is 2.23. The maximum Gasteiger partial charge on any atom is 0.231 e. The minimum absolute atomic E-state index is 0.0873. The zero-order valence-electron chi connectivity index (χ0n) is 15.1. The van der Waals surface area contributed by atoms with Gasteiger partial charge in [-0.2, -0.15) is 0 Å². The van der Waals surface area contributed by atoms with E-state index in [1.807, 2.05) is 55.6 Å². The number of carbonyl (C=O) groups excluding carboxylic acids is 1. The van der Waals surface area contributed by atoms with Crippen molar-refractivity contribution in [3.8, 4) is 22.8 Å². The molecule has 0 aliphatic carbocycles. The molecule has 0 saturated heterocycles. The lowest BCUT2D eigenvalue weighted by Crippen LogP contribution is -2.14. The molecule has 0 atom stereocenters. The number of carbonyl (C=O) groups is 1. The second kappa shape index (κ2) is 6.69. The summed E-state index contributed by atoms with van der Waals surface area (Å²) < 4.78 is 10.8. The third kappa shape index (κ3) is 2.99. The van der Waals surface area contributed by atoms with Crippen molar-refractivity contribution in [1.29, 1.82) is 0 Å². The Morgan fingerprint density at radius 3 is 3.00 bits per heavy atom. The Labute approximate surface area is 165 Å². The molecular weight excluding hydrogens is 374 g/mol. The van der Waals surface area contributed by atoms with E-state index in [-0.39, 0.29) is 12.7 Å². The van der Waals surface area contributed by atoms with Crippen LogP contribution in [0, 0.1) is 6.92 Å². The molecule has 0 spiro atoms. The van der Waals surface area contributed by atoms with E-state index in [4.69, 9.17) is 9.47 Å². The van der Waals surface area contributed by atoms with Crippen LogP contribution in [0.15, 0.2) is 48.7 Å². The highest BCUT2D eigenvalue weighted by Gasteiger charge is 2.18. The minimum Gasteiger partial charge on any atom is -0.454 e. The Balaban J connectivity index is 1.35. The summed E-state index contributed by atoms with van der Waals surface area (Å²) in [5, 5.41) is 4.58. The molecule has 2 aromatic carbocycles. The van der Waals surface area contributed by atoms with Crippen LogP contribution in [-0.2, 0) is 11.2 Å². The zero-order chi connectivity index (χ0) is 19.1. The average Bonchev–Trinajstić information content (AvgIpc) is 3.40.